The highest BCUT2D eigenvalue weighted by molar-refractivity contribution is 5.75. The summed E-state index contributed by atoms with van der Waals surface area (Å²) in [6.45, 7) is 2.27. The molecule has 2 fully saturated rings. The molecule has 1 aromatic rings. The van der Waals surface area contributed by atoms with E-state index < -0.39 is 0 Å². The number of fused-ring (bicyclic) bond motifs is 1. The number of unbranched alkanes of at least 4 members (excludes halogenated alkanes) is 1. The normalized spacial score (nSPS) is 28.6. The lowest BCUT2D eigenvalue weighted by molar-refractivity contribution is -0.141. The van der Waals surface area contributed by atoms with Crippen molar-refractivity contribution in [3.8, 4) is 11.8 Å². The van der Waals surface area contributed by atoms with Crippen molar-refractivity contribution in [2.75, 3.05) is 0 Å². The first kappa shape index (κ1) is 18.0. The highest BCUT2D eigenvalue weighted by Crippen LogP contribution is 2.46. The summed E-state index contributed by atoms with van der Waals surface area (Å²) in [5, 5.41) is 8.83. The molecular weight excluding hydrogens is 310 g/mol. The first-order chi connectivity index (χ1) is 12.2. The number of esters is 1. The third kappa shape index (κ3) is 4.63. The van der Waals surface area contributed by atoms with Crippen LogP contribution in [0.3, 0.4) is 0 Å². The highest BCUT2D eigenvalue weighted by atomic mass is 16.5. The zero-order valence-corrected chi connectivity index (χ0v) is 15.2. The Hall–Kier alpha value is -1.82. The summed E-state index contributed by atoms with van der Waals surface area (Å²) >= 11 is 0. The quantitative estimate of drug-likeness (QED) is 0.527. The van der Waals surface area contributed by atoms with E-state index in [1.165, 1.54) is 44.9 Å². The van der Waals surface area contributed by atoms with Gasteiger partial charge in [-0.05, 0) is 74.1 Å². The van der Waals surface area contributed by atoms with Crippen LogP contribution in [-0.2, 0) is 4.79 Å². The summed E-state index contributed by atoms with van der Waals surface area (Å²) in [4.78, 5) is 12.5. The summed E-state index contributed by atoms with van der Waals surface area (Å²) in [6.07, 6.45) is 11.2. The van der Waals surface area contributed by atoms with Gasteiger partial charge in [0, 0.05) is 0 Å². The minimum Gasteiger partial charge on any atom is -0.426 e. The van der Waals surface area contributed by atoms with E-state index in [4.69, 9.17) is 10.00 Å². The van der Waals surface area contributed by atoms with Crippen molar-refractivity contribution in [2.45, 2.75) is 64.7 Å². The van der Waals surface area contributed by atoms with Crippen LogP contribution < -0.4 is 4.74 Å². The molecule has 3 heteroatoms. The maximum atomic E-state index is 12.5. The molecule has 134 valence electrons. The molecule has 0 heterocycles. The second kappa shape index (κ2) is 8.52. The summed E-state index contributed by atoms with van der Waals surface area (Å²) in [5.74, 6) is 2.97. The van der Waals surface area contributed by atoms with E-state index in [0.717, 1.165) is 24.7 Å². The monoisotopic (exact) mass is 339 g/mol. The third-order valence-electron chi connectivity index (χ3n) is 6.22. The van der Waals surface area contributed by atoms with Crippen molar-refractivity contribution in [1.82, 2.24) is 0 Å². The van der Waals surface area contributed by atoms with Crippen molar-refractivity contribution in [1.29, 1.82) is 5.26 Å². The zero-order valence-electron chi connectivity index (χ0n) is 15.2. The molecular formula is C22H29NO2. The van der Waals surface area contributed by atoms with E-state index in [0.29, 0.717) is 17.2 Å². The highest BCUT2D eigenvalue weighted by Gasteiger charge is 2.38. The molecule has 2 saturated carbocycles. The Balaban J connectivity index is 1.50. The number of carbonyl (C=O) groups excluding carboxylic acids is 1. The summed E-state index contributed by atoms with van der Waals surface area (Å²) in [5.41, 5.74) is 0.583. The first-order valence-electron chi connectivity index (χ1n) is 9.91. The molecule has 3 nitrogen and oxygen atoms in total. The van der Waals surface area contributed by atoms with Crippen molar-refractivity contribution >= 4 is 5.97 Å². The van der Waals surface area contributed by atoms with E-state index in [-0.39, 0.29) is 11.9 Å². The van der Waals surface area contributed by atoms with Crippen LogP contribution in [0.2, 0.25) is 0 Å². The minimum atomic E-state index is -0.0868. The molecule has 1 aromatic carbocycles. The Morgan fingerprint density at radius 3 is 2.56 bits per heavy atom. The minimum absolute atomic E-state index is 0.0454. The number of hydrogen-bond donors (Lipinski definition) is 0. The average Bonchev–Trinajstić information content (AvgIpc) is 2.66. The standard InChI is InChI=1S/C22H29NO2/c1-2-3-4-16-5-8-19-14-20(10-9-18(19)13-16)22(24)25-21-11-6-17(15-23)7-12-21/h6-7,11-12,16,18-20H,2-5,8-10,13-14H2,1H3. The van der Waals surface area contributed by atoms with Crippen molar-refractivity contribution in [3.63, 3.8) is 0 Å². The SMILES string of the molecule is CCCCC1CCC2CC(C(=O)Oc3ccc(C#N)cc3)CCC2C1. The molecule has 0 radical (unpaired) electrons. The second-order valence-electron chi connectivity index (χ2n) is 7.91. The molecule has 0 aromatic heterocycles. The van der Waals surface area contributed by atoms with Crippen LogP contribution in [0.5, 0.6) is 5.75 Å². The summed E-state index contributed by atoms with van der Waals surface area (Å²) in [6, 6.07) is 8.88. The van der Waals surface area contributed by atoms with Crippen molar-refractivity contribution < 1.29 is 9.53 Å². The molecule has 25 heavy (non-hydrogen) atoms. The van der Waals surface area contributed by atoms with E-state index >= 15 is 0 Å². The van der Waals surface area contributed by atoms with Gasteiger partial charge >= 0.3 is 5.97 Å². The lowest BCUT2D eigenvalue weighted by atomic mass is 9.64. The second-order valence-corrected chi connectivity index (χ2v) is 7.91. The average molecular weight is 339 g/mol. The van der Waals surface area contributed by atoms with Gasteiger partial charge in [0.15, 0.2) is 0 Å². The molecule has 4 atom stereocenters. The van der Waals surface area contributed by atoms with Gasteiger partial charge < -0.3 is 4.74 Å². The fourth-order valence-electron chi connectivity index (χ4n) is 4.75. The maximum Gasteiger partial charge on any atom is 0.314 e. The fraction of sp³-hybridized carbons (Fsp3) is 0.636. The van der Waals surface area contributed by atoms with Crippen molar-refractivity contribution in [3.05, 3.63) is 29.8 Å². The zero-order chi connectivity index (χ0) is 17.6. The summed E-state index contributed by atoms with van der Waals surface area (Å²) in [7, 11) is 0. The Kier molecular flexibility index (Phi) is 6.13. The Morgan fingerprint density at radius 1 is 1.12 bits per heavy atom. The number of nitriles is 1. The Labute approximate surface area is 151 Å². The number of nitrogens with zero attached hydrogens (tertiary/aromatic N) is 1. The van der Waals surface area contributed by atoms with Gasteiger partial charge in [0.05, 0.1) is 17.6 Å². The largest absolute Gasteiger partial charge is 0.426 e. The van der Waals surface area contributed by atoms with Gasteiger partial charge in [0.25, 0.3) is 0 Å². The molecule has 2 aliphatic carbocycles. The molecule has 0 aliphatic heterocycles. The number of rotatable bonds is 5. The topological polar surface area (TPSA) is 50.1 Å². The predicted molar refractivity (Wildman–Crippen MR) is 98.0 cm³/mol. The van der Waals surface area contributed by atoms with Gasteiger partial charge in [-0.1, -0.05) is 32.6 Å². The molecule has 0 bridgehead atoms. The molecule has 0 spiro atoms. The van der Waals surface area contributed by atoms with Gasteiger partial charge in [0.2, 0.25) is 0 Å². The van der Waals surface area contributed by atoms with Crippen LogP contribution >= 0.6 is 0 Å². The third-order valence-corrected chi connectivity index (χ3v) is 6.22. The van der Waals surface area contributed by atoms with Gasteiger partial charge in [-0.3, -0.25) is 4.79 Å². The fourth-order valence-corrected chi connectivity index (χ4v) is 4.75. The van der Waals surface area contributed by atoms with Crippen molar-refractivity contribution in [2.24, 2.45) is 23.7 Å². The predicted octanol–water partition coefficient (Wildman–Crippen LogP) is 5.49. The van der Waals surface area contributed by atoms with Crippen LogP contribution in [0.15, 0.2) is 24.3 Å². The molecule has 4 unspecified atom stereocenters. The van der Waals surface area contributed by atoms with E-state index in [1.54, 1.807) is 24.3 Å². The Bertz CT molecular complexity index is 616. The van der Waals surface area contributed by atoms with Crippen LogP contribution in [0.4, 0.5) is 0 Å². The molecule has 0 amide bonds. The molecule has 2 aliphatic rings. The smallest absolute Gasteiger partial charge is 0.314 e. The molecule has 0 N–H and O–H groups in total. The van der Waals surface area contributed by atoms with Gasteiger partial charge in [0.1, 0.15) is 5.75 Å². The van der Waals surface area contributed by atoms with Gasteiger partial charge in [-0.15, -0.1) is 0 Å². The lowest BCUT2D eigenvalue weighted by Gasteiger charge is -2.41. The van der Waals surface area contributed by atoms with E-state index in [2.05, 4.69) is 13.0 Å². The van der Waals surface area contributed by atoms with E-state index in [9.17, 15) is 4.79 Å². The number of hydrogen-bond acceptors (Lipinski definition) is 3. The van der Waals surface area contributed by atoms with Gasteiger partial charge in [-0.25, -0.2) is 0 Å². The molecule has 3 rings (SSSR count). The number of ether oxygens (including phenoxy) is 1. The maximum absolute atomic E-state index is 12.5. The van der Waals surface area contributed by atoms with Crippen LogP contribution in [0.1, 0.15) is 70.3 Å². The summed E-state index contributed by atoms with van der Waals surface area (Å²) < 4.78 is 5.56. The van der Waals surface area contributed by atoms with Crippen LogP contribution in [0.25, 0.3) is 0 Å². The first-order valence-corrected chi connectivity index (χ1v) is 9.91. The molecule has 0 saturated heterocycles. The lowest BCUT2D eigenvalue weighted by Crippen LogP contribution is -2.35. The Morgan fingerprint density at radius 2 is 1.84 bits per heavy atom. The number of benzene rings is 1. The van der Waals surface area contributed by atoms with Gasteiger partial charge in [-0.2, -0.15) is 5.26 Å². The van der Waals surface area contributed by atoms with E-state index in [1.807, 2.05) is 0 Å². The number of carbonyl (C=O) groups is 1. The van der Waals surface area contributed by atoms with Crippen LogP contribution in [-0.4, -0.2) is 5.97 Å². The van der Waals surface area contributed by atoms with Crippen LogP contribution in [0, 0.1) is 35.0 Å².